The summed E-state index contributed by atoms with van der Waals surface area (Å²) in [5.74, 6) is -0.264. The van der Waals surface area contributed by atoms with Crippen molar-refractivity contribution in [3.63, 3.8) is 0 Å². The molecule has 1 heterocycles. The molecule has 0 aliphatic heterocycles. The summed E-state index contributed by atoms with van der Waals surface area (Å²) in [4.78, 5) is 12.2. The second kappa shape index (κ2) is 6.50. The average molecular weight is 338 g/mol. The quantitative estimate of drug-likeness (QED) is 0.880. The molecule has 118 valence electrons. The number of hydrogen-bond donors (Lipinski definition) is 2. The normalized spacial score (nSPS) is 11.2. The molecule has 0 bridgehead atoms. The summed E-state index contributed by atoms with van der Waals surface area (Å²) in [6.45, 7) is 6.19. The van der Waals surface area contributed by atoms with Crippen LogP contribution in [-0.2, 0) is 10.0 Å². The lowest BCUT2D eigenvalue weighted by atomic mass is 10.1. The highest BCUT2D eigenvalue weighted by molar-refractivity contribution is 7.92. The molecule has 0 spiro atoms. The van der Waals surface area contributed by atoms with Gasteiger partial charge in [-0.25, -0.2) is 8.42 Å². The lowest BCUT2D eigenvalue weighted by molar-refractivity contribution is 0.0959. The van der Waals surface area contributed by atoms with Crippen molar-refractivity contribution in [2.24, 2.45) is 0 Å². The topological polar surface area (TPSA) is 75.3 Å². The molecule has 0 saturated heterocycles. The largest absolute Gasteiger partial charge is 0.352 e. The van der Waals surface area contributed by atoms with Gasteiger partial charge in [0.05, 0.1) is 9.77 Å². The van der Waals surface area contributed by atoms with Crippen LogP contribution in [0.1, 0.15) is 27.7 Å². The molecule has 0 saturated carbocycles. The zero-order chi connectivity index (χ0) is 16.3. The molecular formula is C15H18N2O3S2. The fraction of sp³-hybridized carbons (Fsp3) is 0.267. The van der Waals surface area contributed by atoms with Gasteiger partial charge in [-0.3, -0.25) is 9.52 Å². The van der Waals surface area contributed by atoms with Gasteiger partial charge in [0.1, 0.15) is 0 Å². The predicted octanol–water partition coefficient (Wildman–Crippen LogP) is 2.92. The maximum absolute atomic E-state index is 12.4. The summed E-state index contributed by atoms with van der Waals surface area (Å²) in [6, 6.07) is 6.75. The molecule has 1 amide bonds. The summed E-state index contributed by atoms with van der Waals surface area (Å²) < 4.78 is 27.2. The number of amides is 1. The van der Waals surface area contributed by atoms with Gasteiger partial charge in [0.2, 0.25) is 0 Å². The Morgan fingerprint density at radius 3 is 2.55 bits per heavy atom. The molecule has 22 heavy (non-hydrogen) atoms. The number of carbonyl (C=O) groups is 1. The van der Waals surface area contributed by atoms with Crippen LogP contribution in [0.15, 0.2) is 34.5 Å². The van der Waals surface area contributed by atoms with E-state index in [1.807, 2.05) is 26.8 Å². The maximum Gasteiger partial charge on any atom is 0.262 e. The Morgan fingerprint density at radius 1 is 1.18 bits per heavy atom. The average Bonchev–Trinajstić information content (AvgIpc) is 2.93. The minimum Gasteiger partial charge on any atom is -0.352 e. The minimum atomic E-state index is -3.69. The predicted molar refractivity (Wildman–Crippen MR) is 89.1 cm³/mol. The molecule has 2 aromatic rings. The number of rotatable bonds is 5. The molecule has 0 unspecified atom stereocenters. The summed E-state index contributed by atoms with van der Waals surface area (Å²) in [5.41, 5.74) is 2.61. The number of benzene rings is 1. The Hall–Kier alpha value is -1.86. The molecular weight excluding hydrogens is 320 g/mol. The smallest absolute Gasteiger partial charge is 0.262 e. The number of thiophene rings is 1. The highest BCUT2D eigenvalue weighted by Gasteiger charge is 2.19. The van der Waals surface area contributed by atoms with E-state index in [1.54, 1.807) is 12.1 Å². The van der Waals surface area contributed by atoms with Crippen LogP contribution in [0.4, 0.5) is 5.69 Å². The Bertz CT molecular complexity index is 795. The molecule has 2 N–H and O–H groups in total. The van der Waals surface area contributed by atoms with Crippen molar-refractivity contribution >= 4 is 33.0 Å². The lowest BCUT2D eigenvalue weighted by Crippen LogP contribution is -2.21. The van der Waals surface area contributed by atoms with E-state index < -0.39 is 10.0 Å². The van der Waals surface area contributed by atoms with Gasteiger partial charge < -0.3 is 5.32 Å². The number of carbonyl (C=O) groups excluding carboxylic acids is 1. The van der Waals surface area contributed by atoms with E-state index in [0.717, 1.165) is 22.5 Å². The van der Waals surface area contributed by atoms with Crippen molar-refractivity contribution in [2.45, 2.75) is 25.7 Å². The molecule has 0 radical (unpaired) electrons. The molecule has 0 aliphatic rings. The van der Waals surface area contributed by atoms with Crippen LogP contribution in [0.25, 0.3) is 0 Å². The fourth-order valence-corrected chi connectivity index (χ4v) is 4.08. The van der Waals surface area contributed by atoms with Crippen LogP contribution in [0, 0.1) is 13.8 Å². The van der Waals surface area contributed by atoms with Gasteiger partial charge in [0, 0.05) is 17.6 Å². The molecule has 1 aromatic carbocycles. The van der Waals surface area contributed by atoms with Gasteiger partial charge in [-0.1, -0.05) is 6.07 Å². The van der Waals surface area contributed by atoms with Crippen molar-refractivity contribution in [1.82, 2.24) is 5.32 Å². The van der Waals surface area contributed by atoms with Crippen molar-refractivity contribution in [1.29, 1.82) is 0 Å². The maximum atomic E-state index is 12.4. The SMILES string of the molecule is CCNC(=O)c1cc(S(=O)(=O)Nc2ccc(C)c(C)c2)cs1. The van der Waals surface area contributed by atoms with Gasteiger partial charge in [-0.15, -0.1) is 11.3 Å². The molecule has 7 heteroatoms. The molecule has 0 aliphatic carbocycles. The van der Waals surface area contributed by atoms with E-state index in [-0.39, 0.29) is 10.8 Å². The van der Waals surface area contributed by atoms with E-state index >= 15 is 0 Å². The standard InChI is InChI=1S/C15H18N2O3S2/c1-4-16-15(18)14-8-13(9-21-14)22(19,20)17-12-6-5-10(2)11(3)7-12/h5-9,17H,4H2,1-3H3,(H,16,18). The minimum absolute atomic E-state index is 0.0944. The van der Waals surface area contributed by atoms with Crippen LogP contribution >= 0.6 is 11.3 Å². The molecule has 5 nitrogen and oxygen atoms in total. The first-order chi connectivity index (χ1) is 10.3. The lowest BCUT2D eigenvalue weighted by Gasteiger charge is -2.08. The first kappa shape index (κ1) is 16.5. The second-order valence-electron chi connectivity index (χ2n) is 4.91. The van der Waals surface area contributed by atoms with Crippen LogP contribution in [0.2, 0.25) is 0 Å². The molecule has 1 aromatic heterocycles. The number of nitrogens with one attached hydrogen (secondary N) is 2. The van der Waals surface area contributed by atoms with E-state index in [0.29, 0.717) is 17.1 Å². The van der Waals surface area contributed by atoms with E-state index in [2.05, 4.69) is 10.0 Å². The summed E-state index contributed by atoms with van der Waals surface area (Å²) >= 11 is 1.11. The number of aryl methyl sites for hydroxylation is 2. The zero-order valence-corrected chi connectivity index (χ0v) is 14.3. The van der Waals surface area contributed by atoms with Crippen LogP contribution in [0.3, 0.4) is 0 Å². The Kier molecular flexibility index (Phi) is 4.87. The summed E-state index contributed by atoms with van der Waals surface area (Å²) in [6.07, 6.45) is 0. The third-order valence-electron chi connectivity index (χ3n) is 3.21. The van der Waals surface area contributed by atoms with E-state index in [9.17, 15) is 13.2 Å². The first-order valence-electron chi connectivity index (χ1n) is 6.80. The van der Waals surface area contributed by atoms with Gasteiger partial charge in [0.15, 0.2) is 0 Å². The van der Waals surface area contributed by atoms with Gasteiger partial charge in [-0.05, 0) is 50.1 Å². The van der Waals surface area contributed by atoms with Gasteiger partial charge in [-0.2, -0.15) is 0 Å². The number of anilines is 1. The van der Waals surface area contributed by atoms with Crippen molar-refractivity contribution in [3.8, 4) is 0 Å². The second-order valence-corrected chi connectivity index (χ2v) is 7.50. The summed E-state index contributed by atoms with van der Waals surface area (Å²) in [5, 5.41) is 4.11. The monoisotopic (exact) mass is 338 g/mol. The van der Waals surface area contributed by atoms with Crippen LogP contribution in [0.5, 0.6) is 0 Å². The highest BCUT2D eigenvalue weighted by Crippen LogP contribution is 2.23. The van der Waals surface area contributed by atoms with Gasteiger partial charge in [0.25, 0.3) is 15.9 Å². The third-order valence-corrected chi connectivity index (χ3v) is 5.64. The van der Waals surface area contributed by atoms with E-state index in [1.165, 1.54) is 11.4 Å². The first-order valence-corrected chi connectivity index (χ1v) is 9.16. The van der Waals surface area contributed by atoms with E-state index in [4.69, 9.17) is 0 Å². The Balaban J connectivity index is 2.23. The van der Waals surface area contributed by atoms with Crippen molar-refractivity contribution in [2.75, 3.05) is 11.3 Å². The Labute approximate surface area is 134 Å². The van der Waals surface area contributed by atoms with Crippen LogP contribution in [-0.4, -0.2) is 20.9 Å². The van der Waals surface area contributed by atoms with Crippen molar-refractivity contribution < 1.29 is 13.2 Å². The van der Waals surface area contributed by atoms with Crippen LogP contribution < -0.4 is 10.0 Å². The molecule has 0 fully saturated rings. The summed E-state index contributed by atoms with van der Waals surface area (Å²) in [7, 11) is -3.69. The highest BCUT2D eigenvalue weighted by atomic mass is 32.2. The third kappa shape index (κ3) is 3.66. The Morgan fingerprint density at radius 2 is 1.91 bits per heavy atom. The number of hydrogen-bond acceptors (Lipinski definition) is 4. The fourth-order valence-electron chi connectivity index (χ4n) is 1.85. The van der Waals surface area contributed by atoms with Gasteiger partial charge >= 0.3 is 0 Å². The van der Waals surface area contributed by atoms with Crippen molar-refractivity contribution in [3.05, 3.63) is 45.6 Å². The molecule has 0 atom stereocenters. The zero-order valence-electron chi connectivity index (χ0n) is 12.6. The molecule has 2 rings (SSSR count). The number of sulfonamides is 1.